The summed E-state index contributed by atoms with van der Waals surface area (Å²) in [5.41, 5.74) is 3.00. The molecule has 2 aliphatic heterocycles. The van der Waals surface area contributed by atoms with Gasteiger partial charge >= 0.3 is 0 Å². The molecular formula is C16H24N2. The minimum Gasteiger partial charge on any atom is -0.310 e. The quantitative estimate of drug-likeness (QED) is 0.860. The predicted octanol–water partition coefficient (Wildman–Crippen LogP) is 2.92. The highest BCUT2D eigenvalue weighted by Gasteiger charge is 2.20. The van der Waals surface area contributed by atoms with Gasteiger partial charge in [-0.3, -0.25) is 0 Å². The lowest BCUT2D eigenvalue weighted by atomic mass is 9.90. The average Bonchev–Trinajstić information content (AvgIpc) is 2.93. The van der Waals surface area contributed by atoms with E-state index >= 15 is 0 Å². The lowest BCUT2D eigenvalue weighted by Crippen LogP contribution is -2.30. The summed E-state index contributed by atoms with van der Waals surface area (Å²) >= 11 is 0. The SMILES string of the molecule is CN1CCCC(c2ccc(C3CCCN3)cc2)C1. The Bertz CT molecular complexity index is 379. The van der Waals surface area contributed by atoms with E-state index in [1.165, 1.54) is 56.4 Å². The summed E-state index contributed by atoms with van der Waals surface area (Å²) in [6.07, 6.45) is 5.31. The van der Waals surface area contributed by atoms with E-state index in [9.17, 15) is 0 Å². The molecular weight excluding hydrogens is 220 g/mol. The predicted molar refractivity (Wildman–Crippen MR) is 75.9 cm³/mol. The van der Waals surface area contributed by atoms with Crippen LogP contribution in [0.4, 0.5) is 0 Å². The highest BCUT2D eigenvalue weighted by molar-refractivity contribution is 5.28. The van der Waals surface area contributed by atoms with Crippen LogP contribution >= 0.6 is 0 Å². The molecule has 1 aromatic rings. The summed E-state index contributed by atoms with van der Waals surface area (Å²) in [6, 6.07) is 10.0. The normalized spacial score (nSPS) is 29.6. The van der Waals surface area contributed by atoms with E-state index in [1.807, 2.05) is 0 Å². The van der Waals surface area contributed by atoms with Gasteiger partial charge in [0.05, 0.1) is 0 Å². The maximum atomic E-state index is 3.57. The van der Waals surface area contributed by atoms with Gasteiger partial charge in [-0.15, -0.1) is 0 Å². The van der Waals surface area contributed by atoms with Crippen LogP contribution in [0.3, 0.4) is 0 Å². The summed E-state index contributed by atoms with van der Waals surface area (Å²) in [6.45, 7) is 3.67. The number of benzene rings is 1. The largest absolute Gasteiger partial charge is 0.310 e. The van der Waals surface area contributed by atoms with Crippen molar-refractivity contribution < 1.29 is 0 Å². The molecule has 2 saturated heterocycles. The maximum absolute atomic E-state index is 3.57. The van der Waals surface area contributed by atoms with Crippen LogP contribution in [0.5, 0.6) is 0 Å². The zero-order valence-corrected chi connectivity index (χ0v) is 11.4. The van der Waals surface area contributed by atoms with Crippen LogP contribution in [0.1, 0.15) is 48.8 Å². The molecule has 0 radical (unpaired) electrons. The van der Waals surface area contributed by atoms with E-state index in [-0.39, 0.29) is 0 Å². The molecule has 3 rings (SSSR count). The molecule has 1 N–H and O–H groups in total. The van der Waals surface area contributed by atoms with Crippen molar-refractivity contribution in [1.29, 1.82) is 0 Å². The Kier molecular flexibility index (Phi) is 3.67. The van der Waals surface area contributed by atoms with Gasteiger partial charge in [-0.05, 0) is 62.9 Å². The molecule has 2 fully saturated rings. The number of piperidine rings is 1. The standard InChI is InChI=1S/C16H24N2/c1-18-11-3-4-15(12-18)13-6-8-14(9-7-13)16-5-2-10-17-16/h6-9,15-17H,2-5,10-12H2,1H3. The average molecular weight is 244 g/mol. The number of nitrogens with zero attached hydrogens (tertiary/aromatic N) is 1. The molecule has 1 aromatic carbocycles. The zero-order valence-electron chi connectivity index (χ0n) is 11.4. The van der Waals surface area contributed by atoms with Crippen LogP contribution in [-0.4, -0.2) is 31.6 Å². The molecule has 2 atom stereocenters. The second-order valence-corrected chi connectivity index (χ2v) is 5.92. The third-order valence-electron chi connectivity index (χ3n) is 4.50. The first-order valence-electron chi connectivity index (χ1n) is 7.35. The third kappa shape index (κ3) is 2.60. The first kappa shape index (κ1) is 12.2. The second kappa shape index (κ2) is 5.41. The van der Waals surface area contributed by atoms with Crippen molar-refractivity contribution >= 4 is 0 Å². The fraction of sp³-hybridized carbons (Fsp3) is 0.625. The maximum Gasteiger partial charge on any atom is 0.0320 e. The Morgan fingerprint density at radius 1 is 1.06 bits per heavy atom. The van der Waals surface area contributed by atoms with Gasteiger partial charge in [-0.2, -0.15) is 0 Å². The number of likely N-dealkylation sites (N-methyl/N-ethyl adjacent to an activating group) is 1. The molecule has 2 nitrogen and oxygen atoms in total. The number of hydrogen-bond donors (Lipinski definition) is 1. The first-order chi connectivity index (χ1) is 8.83. The molecule has 2 unspecified atom stereocenters. The lowest BCUT2D eigenvalue weighted by Gasteiger charge is -2.30. The highest BCUT2D eigenvalue weighted by atomic mass is 15.1. The summed E-state index contributed by atoms with van der Waals surface area (Å²) in [5.74, 6) is 0.745. The molecule has 2 heterocycles. The second-order valence-electron chi connectivity index (χ2n) is 5.92. The smallest absolute Gasteiger partial charge is 0.0320 e. The summed E-state index contributed by atoms with van der Waals surface area (Å²) in [5, 5.41) is 3.57. The van der Waals surface area contributed by atoms with Crippen LogP contribution in [0.2, 0.25) is 0 Å². The number of likely N-dealkylation sites (tertiary alicyclic amines) is 1. The number of rotatable bonds is 2. The number of nitrogens with one attached hydrogen (secondary N) is 1. The van der Waals surface area contributed by atoms with Crippen molar-refractivity contribution in [3.05, 3.63) is 35.4 Å². The van der Waals surface area contributed by atoms with Crippen LogP contribution in [0.15, 0.2) is 24.3 Å². The topological polar surface area (TPSA) is 15.3 Å². The Morgan fingerprint density at radius 3 is 2.50 bits per heavy atom. The summed E-state index contributed by atoms with van der Waals surface area (Å²) < 4.78 is 0. The Hall–Kier alpha value is -0.860. The van der Waals surface area contributed by atoms with Crippen LogP contribution in [-0.2, 0) is 0 Å². The fourth-order valence-electron chi connectivity index (χ4n) is 3.41. The van der Waals surface area contributed by atoms with E-state index in [2.05, 4.69) is 41.5 Å². The highest BCUT2D eigenvalue weighted by Crippen LogP contribution is 2.28. The van der Waals surface area contributed by atoms with Crippen LogP contribution < -0.4 is 5.32 Å². The number of hydrogen-bond acceptors (Lipinski definition) is 2. The van der Waals surface area contributed by atoms with Gasteiger partial charge in [0, 0.05) is 12.6 Å². The van der Waals surface area contributed by atoms with E-state index in [0.717, 1.165) is 5.92 Å². The van der Waals surface area contributed by atoms with E-state index in [1.54, 1.807) is 0 Å². The molecule has 2 aliphatic rings. The molecule has 0 spiro atoms. The summed E-state index contributed by atoms with van der Waals surface area (Å²) in [4.78, 5) is 2.46. The van der Waals surface area contributed by atoms with Gasteiger partial charge < -0.3 is 10.2 Å². The van der Waals surface area contributed by atoms with Gasteiger partial charge in [-0.25, -0.2) is 0 Å². The Balaban J connectivity index is 1.70. The van der Waals surface area contributed by atoms with Gasteiger partial charge in [0.2, 0.25) is 0 Å². The Morgan fingerprint density at radius 2 is 1.83 bits per heavy atom. The van der Waals surface area contributed by atoms with Crippen molar-refractivity contribution in [2.24, 2.45) is 0 Å². The lowest BCUT2D eigenvalue weighted by molar-refractivity contribution is 0.251. The molecule has 0 amide bonds. The van der Waals surface area contributed by atoms with Gasteiger partial charge in [-0.1, -0.05) is 24.3 Å². The van der Waals surface area contributed by atoms with Gasteiger partial charge in [0.1, 0.15) is 0 Å². The van der Waals surface area contributed by atoms with Crippen molar-refractivity contribution in [3.8, 4) is 0 Å². The van der Waals surface area contributed by atoms with Crippen molar-refractivity contribution in [2.45, 2.75) is 37.6 Å². The van der Waals surface area contributed by atoms with E-state index < -0.39 is 0 Å². The van der Waals surface area contributed by atoms with Crippen LogP contribution in [0.25, 0.3) is 0 Å². The van der Waals surface area contributed by atoms with E-state index in [0.29, 0.717) is 6.04 Å². The monoisotopic (exact) mass is 244 g/mol. The minimum atomic E-state index is 0.605. The van der Waals surface area contributed by atoms with Gasteiger partial charge in [0.25, 0.3) is 0 Å². The molecule has 2 heteroatoms. The molecule has 98 valence electrons. The molecule has 0 aromatic heterocycles. The van der Waals surface area contributed by atoms with Crippen molar-refractivity contribution in [2.75, 3.05) is 26.7 Å². The molecule has 0 aliphatic carbocycles. The van der Waals surface area contributed by atoms with Crippen molar-refractivity contribution in [1.82, 2.24) is 10.2 Å². The molecule has 0 saturated carbocycles. The first-order valence-corrected chi connectivity index (χ1v) is 7.35. The minimum absolute atomic E-state index is 0.605. The van der Waals surface area contributed by atoms with Crippen molar-refractivity contribution in [3.63, 3.8) is 0 Å². The Labute approximate surface area is 110 Å². The molecule has 0 bridgehead atoms. The van der Waals surface area contributed by atoms with E-state index in [4.69, 9.17) is 0 Å². The molecule has 18 heavy (non-hydrogen) atoms. The zero-order chi connectivity index (χ0) is 12.4. The fourth-order valence-corrected chi connectivity index (χ4v) is 3.41. The van der Waals surface area contributed by atoms with Gasteiger partial charge in [0.15, 0.2) is 0 Å². The summed E-state index contributed by atoms with van der Waals surface area (Å²) in [7, 11) is 2.24. The third-order valence-corrected chi connectivity index (χ3v) is 4.50. The van der Waals surface area contributed by atoms with Crippen LogP contribution in [0, 0.1) is 0 Å².